The van der Waals surface area contributed by atoms with Gasteiger partial charge in [-0.25, -0.2) is 0 Å². The molecule has 1 aliphatic rings. The number of nitrogens with zero attached hydrogens (tertiary/aromatic N) is 1. The van der Waals surface area contributed by atoms with Gasteiger partial charge < -0.3 is 11.1 Å². The lowest BCUT2D eigenvalue weighted by Crippen LogP contribution is -2.46. The van der Waals surface area contributed by atoms with Crippen LogP contribution >= 0.6 is 12.4 Å². The van der Waals surface area contributed by atoms with Crippen LogP contribution in [0.3, 0.4) is 0 Å². The number of likely N-dealkylation sites (tertiary alicyclic amines) is 1. The van der Waals surface area contributed by atoms with Crippen LogP contribution in [-0.2, 0) is 4.79 Å². The SMILES string of the molecule is CC(NC(=O)CN1CCCCC1CCN)c1ccccc1.Cl. The zero-order valence-electron chi connectivity index (χ0n) is 13.3. The number of benzene rings is 1. The molecule has 1 heterocycles. The molecule has 2 unspecified atom stereocenters. The number of hydrogen-bond donors (Lipinski definition) is 2. The number of nitrogens with two attached hydrogens (primary N) is 1. The minimum absolute atomic E-state index is 0. The molecule has 0 radical (unpaired) electrons. The minimum Gasteiger partial charge on any atom is -0.348 e. The molecule has 124 valence electrons. The van der Waals surface area contributed by atoms with E-state index >= 15 is 0 Å². The van der Waals surface area contributed by atoms with Gasteiger partial charge in [0.25, 0.3) is 0 Å². The zero-order valence-corrected chi connectivity index (χ0v) is 14.1. The van der Waals surface area contributed by atoms with Crippen molar-refractivity contribution < 1.29 is 4.79 Å². The molecule has 1 aliphatic heterocycles. The number of hydrogen-bond acceptors (Lipinski definition) is 3. The third-order valence-electron chi connectivity index (χ3n) is 4.27. The second-order valence-electron chi connectivity index (χ2n) is 5.90. The standard InChI is InChI=1S/C17H27N3O.ClH/c1-14(15-7-3-2-4-8-15)19-17(21)13-20-12-6-5-9-16(20)10-11-18;/h2-4,7-8,14,16H,5-6,9-13,18H2,1H3,(H,19,21);1H. The molecule has 0 aromatic heterocycles. The lowest BCUT2D eigenvalue weighted by Gasteiger charge is -2.35. The van der Waals surface area contributed by atoms with Crippen LogP contribution < -0.4 is 11.1 Å². The van der Waals surface area contributed by atoms with E-state index in [9.17, 15) is 4.79 Å². The van der Waals surface area contributed by atoms with Crippen molar-refractivity contribution in [3.63, 3.8) is 0 Å². The van der Waals surface area contributed by atoms with Gasteiger partial charge in [-0.15, -0.1) is 12.4 Å². The number of carbonyl (C=O) groups is 1. The van der Waals surface area contributed by atoms with Crippen LogP contribution in [0.1, 0.15) is 44.2 Å². The van der Waals surface area contributed by atoms with E-state index in [-0.39, 0.29) is 24.4 Å². The van der Waals surface area contributed by atoms with E-state index in [1.54, 1.807) is 0 Å². The van der Waals surface area contributed by atoms with E-state index in [0.29, 0.717) is 19.1 Å². The van der Waals surface area contributed by atoms with Crippen LogP contribution in [0, 0.1) is 0 Å². The summed E-state index contributed by atoms with van der Waals surface area (Å²) in [5.74, 6) is 0.107. The summed E-state index contributed by atoms with van der Waals surface area (Å²) < 4.78 is 0. The Balaban J connectivity index is 0.00000242. The van der Waals surface area contributed by atoms with Gasteiger partial charge in [-0.3, -0.25) is 9.69 Å². The van der Waals surface area contributed by atoms with Crippen molar-refractivity contribution >= 4 is 18.3 Å². The molecule has 1 saturated heterocycles. The molecule has 0 spiro atoms. The van der Waals surface area contributed by atoms with Gasteiger partial charge >= 0.3 is 0 Å². The van der Waals surface area contributed by atoms with Gasteiger partial charge in [0.15, 0.2) is 0 Å². The topological polar surface area (TPSA) is 58.4 Å². The van der Waals surface area contributed by atoms with Crippen LogP contribution in [0.4, 0.5) is 0 Å². The van der Waals surface area contributed by atoms with Crippen molar-refractivity contribution in [1.82, 2.24) is 10.2 Å². The summed E-state index contributed by atoms with van der Waals surface area (Å²) in [6.07, 6.45) is 4.59. The molecule has 0 aliphatic carbocycles. The normalized spacial score (nSPS) is 20.0. The highest BCUT2D eigenvalue weighted by Crippen LogP contribution is 2.19. The molecule has 2 rings (SSSR count). The van der Waals surface area contributed by atoms with Crippen LogP contribution in [-0.4, -0.2) is 36.5 Å². The van der Waals surface area contributed by atoms with Crippen molar-refractivity contribution in [1.29, 1.82) is 0 Å². The number of rotatable bonds is 6. The molecule has 4 nitrogen and oxygen atoms in total. The van der Waals surface area contributed by atoms with Gasteiger partial charge in [0, 0.05) is 6.04 Å². The average Bonchev–Trinajstić information content (AvgIpc) is 2.50. The maximum absolute atomic E-state index is 12.3. The first-order valence-electron chi connectivity index (χ1n) is 7.99. The van der Waals surface area contributed by atoms with Gasteiger partial charge in [-0.1, -0.05) is 36.8 Å². The number of nitrogens with one attached hydrogen (secondary N) is 1. The van der Waals surface area contributed by atoms with Crippen LogP contribution in [0.5, 0.6) is 0 Å². The Morgan fingerprint density at radius 2 is 2.09 bits per heavy atom. The van der Waals surface area contributed by atoms with Gasteiger partial charge in [0.05, 0.1) is 12.6 Å². The quantitative estimate of drug-likeness (QED) is 0.845. The Morgan fingerprint density at radius 3 is 2.77 bits per heavy atom. The predicted molar refractivity (Wildman–Crippen MR) is 93.1 cm³/mol. The lowest BCUT2D eigenvalue weighted by molar-refractivity contribution is -0.123. The van der Waals surface area contributed by atoms with Crippen LogP contribution in [0.25, 0.3) is 0 Å². The molecule has 1 aromatic rings. The Bertz CT molecular complexity index is 439. The van der Waals surface area contributed by atoms with E-state index in [2.05, 4.69) is 10.2 Å². The molecule has 1 fully saturated rings. The maximum Gasteiger partial charge on any atom is 0.234 e. The highest BCUT2D eigenvalue weighted by Gasteiger charge is 2.24. The molecule has 0 bridgehead atoms. The van der Waals surface area contributed by atoms with Crippen molar-refractivity contribution in [2.24, 2.45) is 5.73 Å². The highest BCUT2D eigenvalue weighted by molar-refractivity contribution is 5.85. The van der Waals surface area contributed by atoms with Gasteiger partial charge in [-0.2, -0.15) is 0 Å². The molecule has 3 N–H and O–H groups in total. The molecule has 0 saturated carbocycles. The van der Waals surface area contributed by atoms with E-state index in [4.69, 9.17) is 5.73 Å². The fraction of sp³-hybridized carbons (Fsp3) is 0.588. The smallest absolute Gasteiger partial charge is 0.234 e. The fourth-order valence-corrected chi connectivity index (χ4v) is 3.08. The number of carbonyl (C=O) groups excluding carboxylic acids is 1. The fourth-order valence-electron chi connectivity index (χ4n) is 3.08. The molecular formula is C17H28ClN3O. The van der Waals surface area contributed by atoms with Crippen molar-refractivity contribution in [2.75, 3.05) is 19.6 Å². The monoisotopic (exact) mass is 325 g/mol. The van der Waals surface area contributed by atoms with Crippen LogP contribution in [0.15, 0.2) is 30.3 Å². The van der Waals surface area contributed by atoms with E-state index in [1.807, 2.05) is 37.3 Å². The van der Waals surface area contributed by atoms with Crippen molar-refractivity contribution in [3.8, 4) is 0 Å². The first-order valence-corrected chi connectivity index (χ1v) is 7.99. The van der Waals surface area contributed by atoms with E-state index < -0.39 is 0 Å². The Hall–Kier alpha value is -1.10. The first kappa shape index (κ1) is 18.9. The Kier molecular flexibility index (Phi) is 8.46. The first-order chi connectivity index (χ1) is 10.2. The Morgan fingerprint density at radius 1 is 1.36 bits per heavy atom. The second kappa shape index (κ2) is 9.82. The molecule has 1 aromatic carbocycles. The van der Waals surface area contributed by atoms with Crippen molar-refractivity contribution in [2.45, 2.75) is 44.7 Å². The Labute approximate surface area is 139 Å². The molecule has 22 heavy (non-hydrogen) atoms. The summed E-state index contributed by atoms with van der Waals surface area (Å²) in [4.78, 5) is 14.6. The second-order valence-corrected chi connectivity index (χ2v) is 5.90. The number of amides is 1. The summed E-state index contributed by atoms with van der Waals surface area (Å²) in [5.41, 5.74) is 6.82. The lowest BCUT2D eigenvalue weighted by atomic mass is 9.99. The highest BCUT2D eigenvalue weighted by atomic mass is 35.5. The summed E-state index contributed by atoms with van der Waals surface area (Å²) in [6, 6.07) is 10.6. The molecule has 5 heteroatoms. The average molecular weight is 326 g/mol. The number of halogens is 1. The summed E-state index contributed by atoms with van der Waals surface area (Å²) in [5, 5.41) is 3.09. The third-order valence-corrected chi connectivity index (χ3v) is 4.27. The van der Waals surface area contributed by atoms with Crippen LogP contribution in [0.2, 0.25) is 0 Å². The third kappa shape index (κ3) is 5.59. The summed E-state index contributed by atoms with van der Waals surface area (Å²) in [7, 11) is 0. The largest absolute Gasteiger partial charge is 0.348 e. The predicted octanol–water partition coefficient (Wildman–Crippen LogP) is 2.49. The van der Waals surface area contributed by atoms with Gasteiger partial charge in [0.2, 0.25) is 5.91 Å². The molecule has 2 atom stereocenters. The summed E-state index contributed by atoms with van der Waals surface area (Å²) >= 11 is 0. The zero-order chi connectivity index (χ0) is 15.1. The van der Waals surface area contributed by atoms with E-state index in [1.165, 1.54) is 19.3 Å². The van der Waals surface area contributed by atoms with E-state index in [0.717, 1.165) is 18.5 Å². The maximum atomic E-state index is 12.3. The minimum atomic E-state index is 0. The molecular weight excluding hydrogens is 298 g/mol. The van der Waals surface area contributed by atoms with Crippen molar-refractivity contribution in [3.05, 3.63) is 35.9 Å². The summed E-state index contributed by atoms with van der Waals surface area (Å²) in [6.45, 7) is 4.23. The molecule has 1 amide bonds. The van der Waals surface area contributed by atoms with Gasteiger partial charge in [-0.05, 0) is 44.8 Å². The van der Waals surface area contributed by atoms with Gasteiger partial charge in [0.1, 0.15) is 0 Å². The number of piperidine rings is 1.